The zero-order chi connectivity index (χ0) is 27.5. The maximum Gasteiger partial charge on any atom is 0.0991 e. The van der Waals surface area contributed by atoms with E-state index in [0.29, 0.717) is 5.56 Å². The number of pyridine rings is 1. The second kappa shape index (κ2) is 8.94. The second-order valence-electron chi connectivity index (χ2n) is 10.4. The van der Waals surface area contributed by atoms with Crippen molar-refractivity contribution in [2.75, 3.05) is 0 Å². The van der Waals surface area contributed by atoms with E-state index >= 15 is 0 Å². The molecule has 0 fully saturated rings. The molecule has 41 heavy (non-hydrogen) atoms. The molecule has 0 aliphatic rings. The Balaban J connectivity index is 1.53. The van der Waals surface area contributed by atoms with E-state index in [1.165, 1.54) is 21.8 Å². The molecule has 0 aliphatic heterocycles. The fourth-order valence-electron chi connectivity index (χ4n) is 6.34. The number of nitrogens with zero attached hydrogens (tertiary/aromatic N) is 4. The van der Waals surface area contributed by atoms with Crippen LogP contribution in [0, 0.1) is 18.3 Å². The molecule has 0 aliphatic carbocycles. The van der Waals surface area contributed by atoms with Crippen LogP contribution in [0.4, 0.5) is 0 Å². The second-order valence-corrected chi connectivity index (χ2v) is 10.4. The van der Waals surface area contributed by atoms with Crippen LogP contribution < -0.4 is 0 Å². The van der Waals surface area contributed by atoms with Gasteiger partial charge in [0.1, 0.15) is 0 Å². The molecule has 0 unspecified atom stereocenters. The van der Waals surface area contributed by atoms with Gasteiger partial charge in [0.2, 0.25) is 0 Å². The van der Waals surface area contributed by atoms with Crippen LogP contribution in [-0.2, 0) is 0 Å². The Kier molecular flexibility index (Phi) is 5.07. The minimum absolute atomic E-state index is 0.657. The zero-order valence-electron chi connectivity index (χ0n) is 22.4. The maximum atomic E-state index is 9.63. The summed E-state index contributed by atoms with van der Waals surface area (Å²) in [6, 6.07) is 44.5. The topological polar surface area (TPSA) is 46.5 Å². The minimum Gasteiger partial charge on any atom is -0.309 e. The van der Waals surface area contributed by atoms with Gasteiger partial charge in [0.15, 0.2) is 0 Å². The predicted molar refractivity (Wildman–Crippen MR) is 168 cm³/mol. The fourth-order valence-corrected chi connectivity index (χ4v) is 6.34. The number of rotatable bonds is 3. The molecule has 0 saturated heterocycles. The van der Waals surface area contributed by atoms with Crippen LogP contribution in [-0.4, -0.2) is 14.1 Å². The van der Waals surface area contributed by atoms with Gasteiger partial charge in [-0.15, -0.1) is 0 Å². The molecule has 0 spiro atoms. The number of hydrogen-bond acceptors (Lipinski definition) is 2. The highest BCUT2D eigenvalue weighted by Gasteiger charge is 2.20. The van der Waals surface area contributed by atoms with Crippen molar-refractivity contribution < 1.29 is 0 Å². The Morgan fingerprint density at radius 2 is 1.17 bits per heavy atom. The van der Waals surface area contributed by atoms with Gasteiger partial charge in [-0.05, 0) is 73.2 Å². The Labute approximate surface area is 237 Å². The van der Waals surface area contributed by atoms with Gasteiger partial charge >= 0.3 is 0 Å². The third-order valence-electron chi connectivity index (χ3n) is 8.19. The quantitative estimate of drug-likeness (QED) is 0.231. The van der Waals surface area contributed by atoms with Crippen molar-refractivity contribution in [3.8, 4) is 28.7 Å². The summed E-state index contributed by atoms with van der Waals surface area (Å²) >= 11 is 0. The van der Waals surface area contributed by atoms with E-state index in [0.717, 1.165) is 50.0 Å². The van der Waals surface area contributed by atoms with Gasteiger partial charge in [-0.1, -0.05) is 60.7 Å². The molecule has 0 atom stereocenters. The lowest BCUT2D eigenvalue weighted by molar-refractivity contribution is 1.11. The Hall–Kier alpha value is -5.66. The molecule has 8 rings (SSSR count). The molecule has 192 valence electrons. The molecule has 8 aromatic rings. The van der Waals surface area contributed by atoms with Gasteiger partial charge < -0.3 is 9.13 Å². The number of hydrogen-bond donors (Lipinski definition) is 0. The highest BCUT2D eigenvalue weighted by Crippen LogP contribution is 2.39. The molecule has 0 bridgehead atoms. The summed E-state index contributed by atoms with van der Waals surface area (Å²) in [5, 5.41) is 14.3. The van der Waals surface area contributed by atoms with Gasteiger partial charge in [-0.25, -0.2) is 0 Å². The molecule has 5 aromatic carbocycles. The molecule has 3 heterocycles. The van der Waals surface area contributed by atoms with Gasteiger partial charge in [0.25, 0.3) is 0 Å². The van der Waals surface area contributed by atoms with Crippen molar-refractivity contribution in [3.63, 3.8) is 0 Å². The summed E-state index contributed by atoms with van der Waals surface area (Å²) in [6.07, 6.45) is 1.85. The first kappa shape index (κ1) is 23.2. The first-order chi connectivity index (χ1) is 20.2. The minimum atomic E-state index is 0.657. The Morgan fingerprint density at radius 1 is 0.585 bits per heavy atom. The van der Waals surface area contributed by atoms with E-state index in [1.54, 1.807) is 0 Å². The van der Waals surface area contributed by atoms with Crippen LogP contribution in [0.15, 0.2) is 128 Å². The molecular weight excluding hydrogens is 500 g/mol. The number of aromatic nitrogens is 3. The largest absolute Gasteiger partial charge is 0.309 e. The van der Waals surface area contributed by atoms with Gasteiger partial charge in [-0.3, -0.25) is 4.98 Å². The van der Waals surface area contributed by atoms with Crippen LogP contribution in [0.2, 0.25) is 0 Å². The highest BCUT2D eigenvalue weighted by atomic mass is 15.0. The molecule has 4 nitrogen and oxygen atoms in total. The summed E-state index contributed by atoms with van der Waals surface area (Å²) in [6.45, 7) is 2.19. The van der Waals surface area contributed by atoms with Crippen molar-refractivity contribution in [1.29, 1.82) is 5.26 Å². The lowest BCUT2D eigenvalue weighted by atomic mass is 10.0. The average Bonchev–Trinajstić information content (AvgIpc) is 3.54. The summed E-state index contributed by atoms with van der Waals surface area (Å²) < 4.78 is 4.70. The third kappa shape index (κ3) is 3.43. The molecular formula is C37H24N4. The number of para-hydroxylation sites is 3. The maximum absolute atomic E-state index is 9.63. The Morgan fingerprint density at radius 3 is 1.80 bits per heavy atom. The van der Waals surface area contributed by atoms with E-state index in [-0.39, 0.29) is 0 Å². The number of fused-ring (bicyclic) bond motifs is 6. The molecule has 0 amide bonds. The summed E-state index contributed by atoms with van der Waals surface area (Å²) in [7, 11) is 0. The lowest BCUT2D eigenvalue weighted by Crippen LogP contribution is -2.03. The monoisotopic (exact) mass is 524 g/mol. The summed E-state index contributed by atoms with van der Waals surface area (Å²) in [4.78, 5) is 4.77. The van der Waals surface area contributed by atoms with Crippen LogP contribution in [0.5, 0.6) is 0 Å². The zero-order valence-corrected chi connectivity index (χ0v) is 22.4. The van der Waals surface area contributed by atoms with Crippen molar-refractivity contribution in [3.05, 3.63) is 139 Å². The van der Waals surface area contributed by atoms with Crippen LogP contribution in [0.25, 0.3) is 66.2 Å². The van der Waals surface area contributed by atoms with E-state index < -0.39 is 0 Å². The van der Waals surface area contributed by atoms with Crippen LogP contribution in [0.3, 0.4) is 0 Å². The Bertz CT molecular complexity index is 2280. The number of benzene rings is 5. The fraction of sp³-hybridized carbons (Fsp3) is 0.0270. The van der Waals surface area contributed by atoms with E-state index in [1.807, 2.05) is 30.5 Å². The average molecular weight is 525 g/mol. The standard InChI is InChI=1S/C37H24N4/c1-24-30(32-13-8-9-19-39-32)21-26(40-33-14-5-4-12-29(33)31-20-25(23-38)17-18-36(31)40)22-37(24)41-34-15-6-2-10-27(34)28-11-3-7-16-35(28)41/h2-22H,1H3. The first-order valence-electron chi connectivity index (χ1n) is 13.7. The molecule has 0 N–H and O–H groups in total. The van der Waals surface area contributed by atoms with Gasteiger partial charge in [-0.2, -0.15) is 5.26 Å². The van der Waals surface area contributed by atoms with Crippen LogP contribution >= 0.6 is 0 Å². The highest BCUT2D eigenvalue weighted by molar-refractivity contribution is 6.11. The smallest absolute Gasteiger partial charge is 0.0991 e. The van der Waals surface area contributed by atoms with Crippen molar-refractivity contribution in [2.24, 2.45) is 0 Å². The lowest BCUT2D eigenvalue weighted by Gasteiger charge is -2.19. The normalized spacial score (nSPS) is 11.5. The van der Waals surface area contributed by atoms with Crippen LogP contribution in [0.1, 0.15) is 11.1 Å². The molecule has 0 saturated carbocycles. The van der Waals surface area contributed by atoms with Gasteiger partial charge in [0.05, 0.1) is 45.1 Å². The van der Waals surface area contributed by atoms with E-state index in [2.05, 4.69) is 119 Å². The summed E-state index contributed by atoms with van der Waals surface area (Å²) in [5.41, 5.74) is 10.5. The molecule has 0 radical (unpaired) electrons. The van der Waals surface area contributed by atoms with Crippen molar-refractivity contribution >= 4 is 43.6 Å². The SMILES string of the molecule is Cc1c(-c2ccccn2)cc(-n2c3ccccc3c3cc(C#N)ccc32)cc1-n1c2ccccc2c2ccccc21. The van der Waals surface area contributed by atoms with Crippen molar-refractivity contribution in [2.45, 2.75) is 6.92 Å². The predicted octanol–water partition coefficient (Wildman–Crippen LogP) is 9.12. The molecule has 3 aromatic heterocycles. The number of nitriles is 1. The summed E-state index contributed by atoms with van der Waals surface area (Å²) in [5.74, 6) is 0. The van der Waals surface area contributed by atoms with Crippen molar-refractivity contribution in [1.82, 2.24) is 14.1 Å². The first-order valence-corrected chi connectivity index (χ1v) is 13.7. The van der Waals surface area contributed by atoms with E-state index in [4.69, 9.17) is 4.98 Å². The third-order valence-corrected chi connectivity index (χ3v) is 8.19. The van der Waals surface area contributed by atoms with Gasteiger partial charge in [0, 0.05) is 39.0 Å². The molecule has 4 heteroatoms. The van der Waals surface area contributed by atoms with E-state index in [9.17, 15) is 5.26 Å².